The number of carbonyl (C=O) groups is 1. The lowest BCUT2D eigenvalue weighted by molar-refractivity contribution is 0.0872. The predicted molar refractivity (Wildman–Crippen MR) is 101 cm³/mol. The zero-order valence-corrected chi connectivity index (χ0v) is 15.5. The summed E-state index contributed by atoms with van der Waals surface area (Å²) in [5, 5.41) is 0. The van der Waals surface area contributed by atoms with Crippen LogP contribution in [0.25, 0.3) is 0 Å². The van der Waals surface area contributed by atoms with Crippen molar-refractivity contribution in [3.8, 4) is 0 Å². The third-order valence-electron chi connectivity index (χ3n) is 6.21. The molecule has 1 unspecified atom stereocenters. The number of nitrogens with zero attached hydrogens (tertiary/aromatic N) is 1. The van der Waals surface area contributed by atoms with Gasteiger partial charge in [0.05, 0.1) is 0 Å². The van der Waals surface area contributed by atoms with Gasteiger partial charge in [0.15, 0.2) is 5.78 Å². The maximum atomic E-state index is 12.9. The van der Waals surface area contributed by atoms with Crippen LogP contribution in [0, 0.1) is 18.8 Å². The number of Topliss-reactive ketones (excluding diaryl/α,β-unsaturated/α-hetero) is 1. The minimum atomic E-state index is 0.247. The number of benzene rings is 1. The molecule has 1 aliphatic carbocycles. The quantitative estimate of drug-likeness (QED) is 0.730. The van der Waals surface area contributed by atoms with Gasteiger partial charge in [-0.1, -0.05) is 44.4 Å². The van der Waals surface area contributed by atoms with Crippen LogP contribution in [0.3, 0.4) is 0 Å². The Hall–Kier alpha value is -1.15. The summed E-state index contributed by atoms with van der Waals surface area (Å²) in [5.41, 5.74) is 3.47. The molecule has 132 valence electrons. The van der Waals surface area contributed by atoms with Gasteiger partial charge in [0, 0.05) is 11.5 Å². The molecule has 1 atom stereocenters. The van der Waals surface area contributed by atoms with E-state index < -0.39 is 0 Å². The first-order valence-corrected chi connectivity index (χ1v) is 10.0. The Kier molecular flexibility index (Phi) is 6.10. The van der Waals surface area contributed by atoms with Gasteiger partial charge in [0.2, 0.25) is 0 Å². The highest BCUT2D eigenvalue weighted by atomic mass is 16.1. The van der Waals surface area contributed by atoms with E-state index in [0.717, 1.165) is 37.3 Å². The number of rotatable bonds is 6. The number of unbranched alkanes of at least 4 members (excludes halogenated alkanes) is 1. The first-order valence-electron chi connectivity index (χ1n) is 10.0. The average Bonchev–Trinajstić information content (AvgIpc) is 2.60. The van der Waals surface area contributed by atoms with Crippen LogP contribution >= 0.6 is 0 Å². The lowest BCUT2D eigenvalue weighted by Gasteiger charge is -2.33. The summed E-state index contributed by atoms with van der Waals surface area (Å²) in [4.78, 5) is 15.5. The summed E-state index contributed by atoms with van der Waals surface area (Å²) in [5.74, 6) is 1.61. The highest BCUT2D eigenvalue weighted by Crippen LogP contribution is 2.30. The van der Waals surface area contributed by atoms with Gasteiger partial charge in [-0.2, -0.15) is 0 Å². The van der Waals surface area contributed by atoms with E-state index in [9.17, 15) is 4.79 Å². The lowest BCUT2D eigenvalue weighted by Crippen LogP contribution is -2.36. The molecule has 0 aromatic heterocycles. The molecular weight excluding hydrogens is 294 g/mol. The van der Waals surface area contributed by atoms with Crippen LogP contribution in [0.1, 0.15) is 73.4 Å². The van der Waals surface area contributed by atoms with E-state index in [4.69, 9.17) is 0 Å². The number of hydrogen-bond donors (Lipinski definition) is 0. The van der Waals surface area contributed by atoms with Gasteiger partial charge in [-0.25, -0.2) is 0 Å². The average molecular weight is 328 g/mol. The summed E-state index contributed by atoms with van der Waals surface area (Å²) < 4.78 is 0. The Morgan fingerprint density at radius 3 is 2.67 bits per heavy atom. The number of piperidine rings is 1. The Bertz CT molecular complexity index is 557. The van der Waals surface area contributed by atoms with Gasteiger partial charge in [0.1, 0.15) is 0 Å². The van der Waals surface area contributed by atoms with Crippen molar-refractivity contribution in [2.45, 2.75) is 65.2 Å². The SMILES string of the molecule is CCCCC1CCN(CCC2CCc3cccc(C)c3C2=O)CC1. The highest BCUT2D eigenvalue weighted by molar-refractivity contribution is 6.01. The molecule has 24 heavy (non-hydrogen) atoms. The Morgan fingerprint density at radius 1 is 1.12 bits per heavy atom. The van der Waals surface area contributed by atoms with E-state index in [1.54, 1.807) is 0 Å². The Balaban J connectivity index is 1.48. The molecule has 2 heteroatoms. The molecule has 1 fully saturated rings. The number of ketones is 1. The van der Waals surface area contributed by atoms with Crippen LogP contribution in [-0.4, -0.2) is 30.3 Å². The molecule has 3 rings (SSSR count). The zero-order chi connectivity index (χ0) is 16.9. The maximum absolute atomic E-state index is 12.9. The van der Waals surface area contributed by atoms with Crippen molar-refractivity contribution in [2.75, 3.05) is 19.6 Å². The van der Waals surface area contributed by atoms with Gasteiger partial charge in [0.25, 0.3) is 0 Å². The Labute approximate surface area is 147 Å². The van der Waals surface area contributed by atoms with Crippen molar-refractivity contribution in [3.05, 3.63) is 34.9 Å². The van der Waals surface area contributed by atoms with Gasteiger partial charge < -0.3 is 4.90 Å². The zero-order valence-electron chi connectivity index (χ0n) is 15.5. The summed E-state index contributed by atoms with van der Waals surface area (Å²) >= 11 is 0. The number of aryl methyl sites for hydroxylation is 2. The summed E-state index contributed by atoms with van der Waals surface area (Å²) in [6, 6.07) is 6.31. The lowest BCUT2D eigenvalue weighted by atomic mass is 9.79. The van der Waals surface area contributed by atoms with Crippen molar-refractivity contribution in [1.82, 2.24) is 4.90 Å². The fourth-order valence-electron chi connectivity index (χ4n) is 4.56. The molecule has 0 N–H and O–H groups in total. The number of likely N-dealkylation sites (tertiary alicyclic amines) is 1. The minimum Gasteiger partial charge on any atom is -0.303 e. The summed E-state index contributed by atoms with van der Waals surface area (Å²) in [6.07, 6.45) is 10.0. The largest absolute Gasteiger partial charge is 0.303 e. The molecule has 1 heterocycles. The second-order valence-corrected chi connectivity index (χ2v) is 7.92. The van der Waals surface area contributed by atoms with Gasteiger partial charge >= 0.3 is 0 Å². The maximum Gasteiger partial charge on any atom is 0.166 e. The second kappa shape index (κ2) is 8.29. The molecule has 0 saturated carbocycles. The number of fused-ring (bicyclic) bond motifs is 1. The van der Waals surface area contributed by atoms with E-state index in [0.29, 0.717) is 5.78 Å². The molecule has 2 aliphatic rings. The predicted octanol–water partition coefficient (Wildman–Crippen LogP) is 5.03. The van der Waals surface area contributed by atoms with E-state index >= 15 is 0 Å². The van der Waals surface area contributed by atoms with Crippen LogP contribution < -0.4 is 0 Å². The van der Waals surface area contributed by atoms with Crippen LogP contribution in [0.5, 0.6) is 0 Å². The van der Waals surface area contributed by atoms with E-state index in [-0.39, 0.29) is 5.92 Å². The summed E-state index contributed by atoms with van der Waals surface area (Å²) in [7, 11) is 0. The topological polar surface area (TPSA) is 20.3 Å². The van der Waals surface area contributed by atoms with Crippen molar-refractivity contribution >= 4 is 5.78 Å². The first-order chi connectivity index (χ1) is 11.7. The summed E-state index contributed by atoms with van der Waals surface area (Å²) in [6.45, 7) is 7.96. The van der Waals surface area contributed by atoms with Gasteiger partial charge in [-0.15, -0.1) is 0 Å². The molecule has 2 nitrogen and oxygen atoms in total. The van der Waals surface area contributed by atoms with Gasteiger partial charge in [-0.05, 0) is 75.7 Å². The standard InChI is InChI=1S/C22H33NO/c1-3-4-7-18-11-14-23(15-12-18)16-13-20-10-9-19-8-5-6-17(2)21(19)22(20)24/h5-6,8,18,20H,3-4,7,9-16H2,1-2H3. The number of carbonyl (C=O) groups excluding carboxylic acids is 1. The van der Waals surface area contributed by atoms with Crippen LogP contribution in [0.15, 0.2) is 18.2 Å². The molecule has 1 aromatic carbocycles. The van der Waals surface area contributed by atoms with E-state index in [1.807, 2.05) is 0 Å². The van der Waals surface area contributed by atoms with E-state index in [1.165, 1.54) is 56.3 Å². The highest BCUT2D eigenvalue weighted by Gasteiger charge is 2.29. The van der Waals surface area contributed by atoms with Crippen molar-refractivity contribution < 1.29 is 4.79 Å². The van der Waals surface area contributed by atoms with Crippen molar-refractivity contribution in [1.29, 1.82) is 0 Å². The van der Waals surface area contributed by atoms with Crippen molar-refractivity contribution in [3.63, 3.8) is 0 Å². The smallest absolute Gasteiger partial charge is 0.166 e. The molecule has 1 aliphatic heterocycles. The Morgan fingerprint density at radius 2 is 1.92 bits per heavy atom. The van der Waals surface area contributed by atoms with Crippen LogP contribution in [-0.2, 0) is 6.42 Å². The third kappa shape index (κ3) is 4.08. The molecular formula is C22H33NO. The van der Waals surface area contributed by atoms with Crippen LogP contribution in [0.4, 0.5) is 0 Å². The fourth-order valence-corrected chi connectivity index (χ4v) is 4.56. The van der Waals surface area contributed by atoms with Crippen molar-refractivity contribution in [2.24, 2.45) is 11.8 Å². The second-order valence-electron chi connectivity index (χ2n) is 7.92. The first kappa shape index (κ1) is 17.7. The minimum absolute atomic E-state index is 0.247. The van der Waals surface area contributed by atoms with Gasteiger partial charge in [-0.3, -0.25) is 4.79 Å². The monoisotopic (exact) mass is 327 g/mol. The molecule has 0 radical (unpaired) electrons. The molecule has 0 bridgehead atoms. The fraction of sp³-hybridized carbons (Fsp3) is 0.682. The molecule has 0 spiro atoms. The molecule has 1 saturated heterocycles. The van der Waals surface area contributed by atoms with E-state index in [2.05, 4.69) is 36.9 Å². The third-order valence-corrected chi connectivity index (χ3v) is 6.21. The molecule has 1 aromatic rings. The van der Waals surface area contributed by atoms with Crippen LogP contribution in [0.2, 0.25) is 0 Å². The number of hydrogen-bond acceptors (Lipinski definition) is 2. The molecule has 0 amide bonds. The normalized spacial score (nSPS) is 22.6.